The predicted molar refractivity (Wildman–Crippen MR) is 60.6 cm³/mol. The van der Waals surface area contributed by atoms with Gasteiger partial charge in [-0.1, -0.05) is 19.8 Å². The maximum absolute atomic E-state index is 11.6. The Morgan fingerprint density at radius 3 is 2.50 bits per heavy atom. The molecule has 2 N–H and O–H groups in total. The van der Waals surface area contributed by atoms with E-state index in [0.717, 1.165) is 19.3 Å². The Balaban J connectivity index is 2.50. The molecule has 5 nitrogen and oxygen atoms in total. The van der Waals surface area contributed by atoms with Crippen molar-refractivity contribution in [2.75, 3.05) is 5.75 Å². The molecule has 1 rings (SSSR count). The molecular formula is C10H19NO4S. The molecule has 94 valence electrons. The summed E-state index contributed by atoms with van der Waals surface area (Å²) in [5.74, 6) is -0.812. The third-order valence-electron chi connectivity index (χ3n) is 2.88. The quantitative estimate of drug-likeness (QED) is 0.704. The highest BCUT2D eigenvalue weighted by Gasteiger charge is 2.28. The van der Waals surface area contributed by atoms with E-state index in [1.807, 2.05) is 6.92 Å². The minimum atomic E-state index is -3.44. The van der Waals surface area contributed by atoms with E-state index in [1.54, 1.807) is 0 Å². The molecule has 1 aliphatic rings. The smallest absolute Gasteiger partial charge is 0.321 e. The molecule has 1 aliphatic carbocycles. The van der Waals surface area contributed by atoms with Crippen LogP contribution in [0.2, 0.25) is 0 Å². The van der Waals surface area contributed by atoms with E-state index in [9.17, 15) is 13.2 Å². The van der Waals surface area contributed by atoms with Crippen LogP contribution in [0.3, 0.4) is 0 Å². The molecule has 0 aromatic rings. The van der Waals surface area contributed by atoms with Gasteiger partial charge in [-0.25, -0.2) is 13.1 Å². The Morgan fingerprint density at radius 1 is 1.50 bits per heavy atom. The van der Waals surface area contributed by atoms with Crippen LogP contribution in [0.15, 0.2) is 0 Å². The number of carbonyl (C=O) groups is 1. The molecule has 0 amide bonds. The lowest BCUT2D eigenvalue weighted by Crippen LogP contribution is -2.43. The summed E-state index contributed by atoms with van der Waals surface area (Å²) in [6.07, 6.45) is 3.93. The molecule has 1 fully saturated rings. The van der Waals surface area contributed by atoms with Gasteiger partial charge in [0.1, 0.15) is 6.04 Å². The molecule has 6 heteroatoms. The summed E-state index contributed by atoms with van der Waals surface area (Å²) in [6.45, 7) is 1.83. The highest BCUT2D eigenvalue weighted by atomic mass is 32.2. The van der Waals surface area contributed by atoms with Crippen molar-refractivity contribution in [1.29, 1.82) is 0 Å². The molecule has 16 heavy (non-hydrogen) atoms. The van der Waals surface area contributed by atoms with Crippen molar-refractivity contribution in [2.45, 2.75) is 45.1 Å². The van der Waals surface area contributed by atoms with Gasteiger partial charge in [0.2, 0.25) is 10.0 Å². The Kier molecular flexibility index (Phi) is 4.73. The summed E-state index contributed by atoms with van der Waals surface area (Å²) in [5.41, 5.74) is 0. The molecule has 0 aliphatic heterocycles. The maximum atomic E-state index is 11.6. The first-order valence-corrected chi connectivity index (χ1v) is 7.32. The number of aliphatic carboxylic acids is 1. The largest absolute Gasteiger partial charge is 0.480 e. The zero-order valence-electron chi connectivity index (χ0n) is 9.48. The number of rotatable bonds is 7. The van der Waals surface area contributed by atoms with Crippen molar-refractivity contribution >= 4 is 16.0 Å². The van der Waals surface area contributed by atoms with Gasteiger partial charge in [0.05, 0.1) is 5.75 Å². The van der Waals surface area contributed by atoms with Crippen LogP contribution in [0.25, 0.3) is 0 Å². The average Bonchev–Trinajstić information content (AvgIpc) is 2.11. The first-order valence-electron chi connectivity index (χ1n) is 5.67. The van der Waals surface area contributed by atoms with E-state index in [2.05, 4.69) is 4.72 Å². The van der Waals surface area contributed by atoms with Gasteiger partial charge < -0.3 is 5.11 Å². The summed E-state index contributed by atoms with van der Waals surface area (Å²) < 4.78 is 25.6. The normalized spacial score (nSPS) is 19.1. The van der Waals surface area contributed by atoms with Crippen molar-refractivity contribution in [3.05, 3.63) is 0 Å². The van der Waals surface area contributed by atoms with Gasteiger partial charge in [-0.2, -0.15) is 0 Å². The summed E-state index contributed by atoms with van der Waals surface area (Å²) in [4.78, 5) is 10.8. The van der Waals surface area contributed by atoms with E-state index < -0.39 is 22.0 Å². The SMILES string of the molecule is CCCC(NS(=O)(=O)CC1CCC1)C(=O)O. The van der Waals surface area contributed by atoms with Crippen LogP contribution in [-0.2, 0) is 14.8 Å². The zero-order chi connectivity index (χ0) is 12.2. The van der Waals surface area contributed by atoms with Gasteiger partial charge in [-0.15, -0.1) is 0 Å². The standard InChI is InChI=1S/C10H19NO4S/c1-2-4-9(10(12)13)11-16(14,15)7-8-5-3-6-8/h8-9,11H,2-7H2,1H3,(H,12,13). The lowest BCUT2D eigenvalue weighted by molar-refractivity contribution is -0.139. The molecular weight excluding hydrogens is 230 g/mol. The molecule has 0 heterocycles. The van der Waals surface area contributed by atoms with Gasteiger partial charge in [0, 0.05) is 0 Å². The minimum Gasteiger partial charge on any atom is -0.480 e. The molecule has 0 spiro atoms. The third-order valence-corrected chi connectivity index (χ3v) is 4.43. The summed E-state index contributed by atoms with van der Waals surface area (Å²) in [6, 6.07) is -0.977. The minimum absolute atomic E-state index is 0.0699. The molecule has 0 saturated heterocycles. The highest BCUT2D eigenvalue weighted by molar-refractivity contribution is 7.89. The number of sulfonamides is 1. The summed E-state index contributed by atoms with van der Waals surface area (Å²) in [5, 5.41) is 8.85. The van der Waals surface area contributed by atoms with Crippen LogP contribution in [0.1, 0.15) is 39.0 Å². The molecule has 1 unspecified atom stereocenters. The molecule has 0 aromatic carbocycles. The first kappa shape index (κ1) is 13.4. The Bertz CT molecular complexity index is 335. The summed E-state index contributed by atoms with van der Waals surface area (Å²) >= 11 is 0. The van der Waals surface area contributed by atoms with E-state index >= 15 is 0 Å². The monoisotopic (exact) mass is 249 g/mol. The molecule has 0 bridgehead atoms. The van der Waals surface area contributed by atoms with Crippen molar-refractivity contribution in [3.63, 3.8) is 0 Å². The van der Waals surface area contributed by atoms with Crippen LogP contribution in [-0.4, -0.2) is 31.3 Å². The first-order chi connectivity index (χ1) is 7.44. The van der Waals surface area contributed by atoms with Crippen molar-refractivity contribution in [1.82, 2.24) is 4.72 Å². The molecule has 0 aromatic heterocycles. The Morgan fingerprint density at radius 2 is 2.12 bits per heavy atom. The van der Waals surface area contributed by atoms with E-state index in [1.165, 1.54) is 0 Å². The predicted octanol–water partition coefficient (Wildman–Crippen LogP) is 0.959. The van der Waals surface area contributed by atoms with E-state index in [4.69, 9.17) is 5.11 Å². The number of hydrogen-bond acceptors (Lipinski definition) is 3. The number of hydrogen-bond donors (Lipinski definition) is 2. The van der Waals surface area contributed by atoms with E-state index in [0.29, 0.717) is 12.8 Å². The van der Waals surface area contributed by atoms with Gasteiger partial charge in [0.15, 0.2) is 0 Å². The number of carboxylic acid groups (broad SMARTS) is 1. The highest BCUT2D eigenvalue weighted by Crippen LogP contribution is 2.27. The van der Waals surface area contributed by atoms with Crippen molar-refractivity contribution in [3.8, 4) is 0 Å². The van der Waals surface area contributed by atoms with E-state index in [-0.39, 0.29) is 11.7 Å². The third kappa shape index (κ3) is 4.09. The fourth-order valence-corrected chi connectivity index (χ4v) is 3.46. The van der Waals surface area contributed by atoms with Crippen molar-refractivity contribution < 1.29 is 18.3 Å². The Labute approximate surface area is 96.3 Å². The fourth-order valence-electron chi connectivity index (χ4n) is 1.76. The Hall–Kier alpha value is -0.620. The second-order valence-electron chi connectivity index (χ2n) is 4.38. The number of nitrogens with one attached hydrogen (secondary N) is 1. The second kappa shape index (κ2) is 5.63. The molecule has 1 saturated carbocycles. The van der Waals surface area contributed by atoms with Gasteiger partial charge in [0.25, 0.3) is 0 Å². The van der Waals surface area contributed by atoms with Crippen molar-refractivity contribution in [2.24, 2.45) is 5.92 Å². The van der Waals surface area contributed by atoms with Gasteiger partial charge >= 0.3 is 5.97 Å². The molecule has 1 atom stereocenters. The molecule has 0 radical (unpaired) electrons. The second-order valence-corrected chi connectivity index (χ2v) is 6.17. The topological polar surface area (TPSA) is 83.5 Å². The zero-order valence-corrected chi connectivity index (χ0v) is 10.3. The van der Waals surface area contributed by atoms with Crippen LogP contribution in [0.4, 0.5) is 0 Å². The maximum Gasteiger partial charge on any atom is 0.321 e. The number of carboxylic acids is 1. The van der Waals surface area contributed by atoms with Crippen LogP contribution >= 0.6 is 0 Å². The van der Waals surface area contributed by atoms with Crippen LogP contribution < -0.4 is 4.72 Å². The van der Waals surface area contributed by atoms with Crippen LogP contribution in [0.5, 0.6) is 0 Å². The summed E-state index contributed by atoms with van der Waals surface area (Å²) in [7, 11) is -3.44. The fraction of sp³-hybridized carbons (Fsp3) is 0.900. The lowest BCUT2D eigenvalue weighted by Gasteiger charge is -2.25. The average molecular weight is 249 g/mol. The van der Waals surface area contributed by atoms with Gasteiger partial charge in [-0.3, -0.25) is 4.79 Å². The lowest BCUT2D eigenvalue weighted by atomic mass is 9.87. The van der Waals surface area contributed by atoms with Gasteiger partial charge in [-0.05, 0) is 25.2 Å². The van der Waals surface area contributed by atoms with Crippen LogP contribution in [0, 0.1) is 5.92 Å².